The van der Waals surface area contributed by atoms with Gasteiger partial charge >= 0.3 is 0 Å². The lowest BCUT2D eigenvalue weighted by molar-refractivity contribution is -0.122. The lowest BCUT2D eigenvalue weighted by Crippen LogP contribution is -2.38. The second-order valence-corrected chi connectivity index (χ2v) is 4.92. The van der Waals surface area contributed by atoms with Gasteiger partial charge in [0.15, 0.2) is 0 Å². The molecule has 0 aliphatic heterocycles. The Kier molecular flexibility index (Phi) is 4.43. The molecule has 0 spiro atoms. The Bertz CT molecular complexity index is 459. The van der Waals surface area contributed by atoms with Crippen LogP contribution in [0.1, 0.15) is 37.4 Å². The maximum absolute atomic E-state index is 11.7. The van der Waals surface area contributed by atoms with Gasteiger partial charge in [-0.1, -0.05) is 19.1 Å². The van der Waals surface area contributed by atoms with Crippen LogP contribution in [0.2, 0.25) is 0 Å². The number of phenolic OH excluding ortho intramolecular Hbond substituents is 1. The van der Waals surface area contributed by atoms with E-state index in [4.69, 9.17) is 0 Å². The number of fused-ring (bicyclic) bond motifs is 1. The quantitative estimate of drug-likeness (QED) is 0.851. The molecule has 0 saturated carbocycles. The van der Waals surface area contributed by atoms with E-state index in [0.717, 1.165) is 24.9 Å². The van der Waals surface area contributed by atoms with Crippen molar-refractivity contribution in [3.63, 3.8) is 0 Å². The molecule has 1 unspecified atom stereocenters. The van der Waals surface area contributed by atoms with E-state index in [9.17, 15) is 9.90 Å². The number of benzene rings is 1. The fraction of sp³-hybridized carbons (Fsp3) is 0.533. The largest absolute Gasteiger partial charge is 0.508 e. The molecular weight excluding hydrogens is 240 g/mol. The molecule has 1 aromatic rings. The van der Waals surface area contributed by atoms with Gasteiger partial charge < -0.3 is 10.4 Å². The number of carbonyl (C=O) groups is 1. The molecule has 2 rings (SSSR count). The van der Waals surface area contributed by atoms with E-state index in [1.807, 2.05) is 13.0 Å². The summed E-state index contributed by atoms with van der Waals surface area (Å²) < 4.78 is 0. The second kappa shape index (κ2) is 6.06. The zero-order valence-electron chi connectivity index (χ0n) is 11.6. The Morgan fingerprint density at radius 1 is 1.47 bits per heavy atom. The second-order valence-electron chi connectivity index (χ2n) is 4.92. The minimum Gasteiger partial charge on any atom is -0.508 e. The summed E-state index contributed by atoms with van der Waals surface area (Å²) in [5, 5.41) is 12.7. The lowest BCUT2D eigenvalue weighted by atomic mass is 10.1. The van der Waals surface area contributed by atoms with Crippen LogP contribution >= 0.6 is 0 Å². The molecule has 0 bridgehead atoms. The van der Waals surface area contributed by atoms with Crippen LogP contribution in [0.4, 0.5) is 0 Å². The smallest absolute Gasteiger partial charge is 0.234 e. The van der Waals surface area contributed by atoms with Crippen molar-refractivity contribution in [2.24, 2.45) is 0 Å². The third kappa shape index (κ3) is 2.89. The summed E-state index contributed by atoms with van der Waals surface area (Å²) in [7, 11) is 0. The third-order valence-electron chi connectivity index (χ3n) is 3.78. The predicted molar refractivity (Wildman–Crippen MR) is 75.1 cm³/mol. The Balaban J connectivity index is 2.14. The fourth-order valence-electron chi connectivity index (χ4n) is 2.87. The van der Waals surface area contributed by atoms with E-state index < -0.39 is 0 Å². The van der Waals surface area contributed by atoms with Crippen molar-refractivity contribution in [2.75, 3.05) is 19.6 Å². The third-order valence-corrected chi connectivity index (χ3v) is 3.78. The highest BCUT2D eigenvalue weighted by atomic mass is 16.3. The van der Waals surface area contributed by atoms with Gasteiger partial charge in [0.2, 0.25) is 5.91 Å². The number of amides is 1. The normalized spacial score (nSPS) is 17.5. The topological polar surface area (TPSA) is 52.6 Å². The van der Waals surface area contributed by atoms with Crippen molar-refractivity contribution >= 4 is 5.91 Å². The van der Waals surface area contributed by atoms with Crippen LogP contribution in [-0.2, 0) is 11.2 Å². The zero-order chi connectivity index (χ0) is 13.8. The Morgan fingerprint density at radius 2 is 2.26 bits per heavy atom. The number of likely N-dealkylation sites (N-methyl/N-ethyl adjacent to an activating group) is 2. The van der Waals surface area contributed by atoms with Gasteiger partial charge in [0.1, 0.15) is 5.75 Å². The summed E-state index contributed by atoms with van der Waals surface area (Å²) in [6, 6.07) is 5.93. The highest BCUT2D eigenvalue weighted by Gasteiger charge is 2.29. The Hall–Kier alpha value is -1.55. The minimum absolute atomic E-state index is 0.0675. The average molecular weight is 262 g/mol. The zero-order valence-corrected chi connectivity index (χ0v) is 11.6. The first-order valence-electron chi connectivity index (χ1n) is 6.98. The fourth-order valence-corrected chi connectivity index (χ4v) is 2.87. The van der Waals surface area contributed by atoms with E-state index in [1.165, 1.54) is 5.56 Å². The molecule has 1 atom stereocenters. The van der Waals surface area contributed by atoms with Crippen LogP contribution in [-0.4, -0.2) is 35.5 Å². The van der Waals surface area contributed by atoms with Crippen molar-refractivity contribution in [1.82, 2.24) is 10.2 Å². The number of nitrogens with zero attached hydrogens (tertiary/aromatic N) is 1. The molecule has 4 nitrogen and oxygen atoms in total. The van der Waals surface area contributed by atoms with Crippen LogP contribution in [0.3, 0.4) is 0 Å². The van der Waals surface area contributed by atoms with Crippen LogP contribution in [0.25, 0.3) is 0 Å². The summed E-state index contributed by atoms with van der Waals surface area (Å²) in [4.78, 5) is 13.9. The van der Waals surface area contributed by atoms with Gasteiger partial charge in [-0.15, -0.1) is 0 Å². The number of nitrogens with one attached hydrogen (secondary N) is 1. The SMILES string of the molecule is CCNC(=O)CN(CC)C1CCc2c(O)cccc21. The van der Waals surface area contributed by atoms with Gasteiger partial charge in [0, 0.05) is 12.6 Å². The molecule has 1 amide bonds. The van der Waals surface area contributed by atoms with Crippen LogP contribution in [0.5, 0.6) is 5.75 Å². The van der Waals surface area contributed by atoms with Gasteiger partial charge in [-0.2, -0.15) is 0 Å². The molecule has 0 saturated heterocycles. The van der Waals surface area contributed by atoms with Crippen LogP contribution in [0.15, 0.2) is 18.2 Å². The number of aromatic hydroxyl groups is 1. The summed E-state index contributed by atoms with van der Waals surface area (Å²) >= 11 is 0. The van der Waals surface area contributed by atoms with Gasteiger partial charge in [-0.05, 0) is 43.5 Å². The van der Waals surface area contributed by atoms with Crippen molar-refractivity contribution in [2.45, 2.75) is 32.7 Å². The van der Waals surface area contributed by atoms with Crippen molar-refractivity contribution in [3.8, 4) is 5.75 Å². The highest BCUT2D eigenvalue weighted by molar-refractivity contribution is 5.78. The van der Waals surface area contributed by atoms with Crippen LogP contribution in [0, 0.1) is 0 Å². The molecule has 0 fully saturated rings. The maximum atomic E-state index is 11.7. The number of hydrogen-bond acceptors (Lipinski definition) is 3. The number of carbonyl (C=O) groups excluding carboxylic acids is 1. The molecule has 19 heavy (non-hydrogen) atoms. The monoisotopic (exact) mass is 262 g/mol. The molecule has 1 aliphatic carbocycles. The summed E-state index contributed by atoms with van der Waals surface area (Å²) in [6.45, 7) is 5.91. The van der Waals surface area contributed by atoms with Crippen molar-refractivity contribution in [1.29, 1.82) is 0 Å². The Labute approximate surface area is 114 Å². The van der Waals surface area contributed by atoms with Crippen molar-refractivity contribution in [3.05, 3.63) is 29.3 Å². The predicted octanol–water partition coefficient (Wildman–Crippen LogP) is 1.84. The van der Waals surface area contributed by atoms with Gasteiger partial charge in [0.25, 0.3) is 0 Å². The molecule has 0 heterocycles. The minimum atomic E-state index is 0.0675. The summed E-state index contributed by atoms with van der Waals surface area (Å²) in [6.07, 6.45) is 1.86. The number of rotatable bonds is 5. The standard InChI is InChI=1S/C15H22N2O2/c1-3-16-15(19)10-17(4-2)13-9-8-12-11(13)6-5-7-14(12)18/h5-7,13,18H,3-4,8-10H2,1-2H3,(H,16,19). The van der Waals surface area contributed by atoms with Crippen LogP contribution < -0.4 is 5.32 Å². The first-order valence-corrected chi connectivity index (χ1v) is 6.98. The van der Waals surface area contributed by atoms with Gasteiger partial charge in [-0.3, -0.25) is 9.69 Å². The molecule has 4 heteroatoms. The van der Waals surface area contributed by atoms with E-state index in [2.05, 4.69) is 23.2 Å². The first kappa shape index (κ1) is 13.9. The number of hydrogen-bond donors (Lipinski definition) is 2. The summed E-state index contributed by atoms with van der Waals surface area (Å²) in [5.74, 6) is 0.451. The lowest BCUT2D eigenvalue weighted by Gasteiger charge is -2.27. The van der Waals surface area contributed by atoms with E-state index in [1.54, 1.807) is 6.07 Å². The molecule has 1 aliphatic rings. The highest BCUT2D eigenvalue weighted by Crippen LogP contribution is 2.39. The van der Waals surface area contributed by atoms with Gasteiger partial charge in [0.05, 0.1) is 6.54 Å². The summed E-state index contributed by atoms with van der Waals surface area (Å²) in [5.41, 5.74) is 2.22. The molecule has 104 valence electrons. The molecule has 0 radical (unpaired) electrons. The molecule has 2 N–H and O–H groups in total. The molecular formula is C15H22N2O2. The van der Waals surface area contributed by atoms with Crippen molar-refractivity contribution < 1.29 is 9.90 Å². The average Bonchev–Trinajstić information content (AvgIpc) is 2.81. The van der Waals surface area contributed by atoms with Gasteiger partial charge in [-0.25, -0.2) is 0 Å². The van der Waals surface area contributed by atoms with E-state index in [0.29, 0.717) is 18.8 Å². The molecule has 1 aromatic carbocycles. The van der Waals surface area contributed by atoms with E-state index >= 15 is 0 Å². The first-order chi connectivity index (χ1) is 9.17. The maximum Gasteiger partial charge on any atom is 0.234 e. The van der Waals surface area contributed by atoms with E-state index in [-0.39, 0.29) is 11.9 Å². The molecule has 0 aromatic heterocycles. The Morgan fingerprint density at radius 3 is 2.95 bits per heavy atom. The number of phenols is 1.